The van der Waals surface area contributed by atoms with Crippen molar-refractivity contribution in [2.45, 2.75) is 70.9 Å². The van der Waals surface area contributed by atoms with Gasteiger partial charge in [0, 0.05) is 6.04 Å². The summed E-state index contributed by atoms with van der Waals surface area (Å²) in [4.78, 5) is 23.8. The number of fused-ring (bicyclic) bond motifs is 1. The lowest BCUT2D eigenvalue weighted by Gasteiger charge is -2.39. The molecule has 0 aromatic heterocycles. The Labute approximate surface area is 133 Å². The van der Waals surface area contributed by atoms with Crippen molar-refractivity contribution in [3.63, 3.8) is 0 Å². The third-order valence-electron chi connectivity index (χ3n) is 5.35. The zero-order chi connectivity index (χ0) is 16.1. The highest BCUT2D eigenvalue weighted by Crippen LogP contribution is 2.40. The van der Waals surface area contributed by atoms with Gasteiger partial charge >= 0.3 is 0 Å². The summed E-state index contributed by atoms with van der Waals surface area (Å²) in [6.45, 7) is 3.82. The molecule has 0 radical (unpaired) electrons. The number of rotatable bonds is 5. The minimum Gasteiger partial charge on any atom is -0.352 e. The molecule has 4 N–H and O–H groups in total. The van der Waals surface area contributed by atoms with Gasteiger partial charge in [0.2, 0.25) is 11.8 Å². The Hall–Kier alpha value is -1.10. The van der Waals surface area contributed by atoms with Crippen LogP contribution < -0.4 is 16.4 Å². The van der Waals surface area contributed by atoms with E-state index in [2.05, 4.69) is 10.6 Å². The second kappa shape index (κ2) is 7.95. The Kier molecular flexibility index (Phi) is 6.24. The van der Waals surface area contributed by atoms with E-state index in [1.807, 2.05) is 13.8 Å². The SMILES string of the molecule is CC(C)[C@H](N)C(=O)NCC(=O)NC1CCC2CCCCC2C1. The molecule has 0 saturated heterocycles. The van der Waals surface area contributed by atoms with Crippen molar-refractivity contribution in [3.8, 4) is 0 Å². The summed E-state index contributed by atoms with van der Waals surface area (Å²) in [7, 11) is 0. The van der Waals surface area contributed by atoms with E-state index < -0.39 is 6.04 Å². The molecule has 4 atom stereocenters. The third kappa shape index (κ3) is 4.70. The van der Waals surface area contributed by atoms with E-state index in [-0.39, 0.29) is 30.3 Å². The van der Waals surface area contributed by atoms with Crippen molar-refractivity contribution >= 4 is 11.8 Å². The summed E-state index contributed by atoms with van der Waals surface area (Å²) in [6, 6.07) is -0.270. The normalized spacial score (nSPS) is 29.5. The predicted octanol–water partition coefficient (Wildman–Crippen LogP) is 1.56. The first-order chi connectivity index (χ1) is 10.5. The van der Waals surface area contributed by atoms with Crippen LogP contribution >= 0.6 is 0 Å². The van der Waals surface area contributed by atoms with E-state index in [4.69, 9.17) is 5.73 Å². The van der Waals surface area contributed by atoms with Crippen LogP contribution in [0.15, 0.2) is 0 Å². The summed E-state index contributed by atoms with van der Waals surface area (Å²) in [5.41, 5.74) is 5.76. The van der Waals surface area contributed by atoms with Gasteiger partial charge in [0.05, 0.1) is 12.6 Å². The molecule has 0 aromatic rings. The zero-order valence-electron chi connectivity index (χ0n) is 13.9. The van der Waals surface area contributed by atoms with Gasteiger partial charge in [0.25, 0.3) is 0 Å². The summed E-state index contributed by atoms with van der Waals surface area (Å²) in [5, 5.41) is 5.71. The Morgan fingerprint density at radius 3 is 2.45 bits per heavy atom. The molecule has 22 heavy (non-hydrogen) atoms. The second-order valence-electron chi connectivity index (χ2n) is 7.37. The molecule has 126 valence electrons. The monoisotopic (exact) mass is 309 g/mol. The van der Waals surface area contributed by atoms with Crippen LogP contribution in [0.4, 0.5) is 0 Å². The molecule has 0 bridgehead atoms. The molecule has 0 spiro atoms. The predicted molar refractivity (Wildman–Crippen MR) is 87.1 cm³/mol. The average molecular weight is 309 g/mol. The molecule has 2 saturated carbocycles. The number of carbonyl (C=O) groups is 2. The van der Waals surface area contributed by atoms with Gasteiger partial charge in [-0.25, -0.2) is 0 Å². The van der Waals surface area contributed by atoms with Crippen LogP contribution in [0.5, 0.6) is 0 Å². The number of nitrogens with two attached hydrogens (primary N) is 1. The largest absolute Gasteiger partial charge is 0.352 e. The van der Waals surface area contributed by atoms with Crippen LogP contribution in [-0.4, -0.2) is 30.4 Å². The highest BCUT2D eigenvalue weighted by atomic mass is 16.2. The maximum Gasteiger partial charge on any atom is 0.239 e. The van der Waals surface area contributed by atoms with Crippen molar-refractivity contribution in [2.24, 2.45) is 23.5 Å². The molecule has 3 unspecified atom stereocenters. The van der Waals surface area contributed by atoms with Crippen molar-refractivity contribution < 1.29 is 9.59 Å². The summed E-state index contributed by atoms with van der Waals surface area (Å²) in [6.07, 6.45) is 8.82. The number of amides is 2. The Morgan fingerprint density at radius 2 is 1.77 bits per heavy atom. The van der Waals surface area contributed by atoms with Crippen LogP contribution in [0.3, 0.4) is 0 Å². The van der Waals surface area contributed by atoms with Gasteiger partial charge in [-0.05, 0) is 37.0 Å². The van der Waals surface area contributed by atoms with Gasteiger partial charge in [-0.1, -0.05) is 39.5 Å². The molecule has 0 aromatic carbocycles. The molecular weight excluding hydrogens is 278 g/mol. The number of nitrogens with one attached hydrogen (secondary N) is 2. The lowest BCUT2D eigenvalue weighted by atomic mass is 9.69. The molecule has 0 heterocycles. The number of carbonyl (C=O) groups excluding carboxylic acids is 2. The lowest BCUT2D eigenvalue weighted by molar-refractivity contribution is -0.127. The van der Waals surface area contributed by atoms with Crippen molar-refractivity contribution in [1.82, 2.24) is 10.6 Å². The van der Waals surface area contributed by atoms with E-state index in [9.17, 15) is 9.59 Å². The Morgan fingerprint density at radius 1 is 1.09 bits per heavy atom. The molecule has 2 aliphatic rings. The van der Waals surface area contributed by atoms with Crippen molar-refractivity contribution in [2.75, 3.05) is 6.54 Å². The highest BCUT2D eigenvalue weighted by Gasteiger charge is 2.32. The van der Waals surface area contributed by atoms with Crippen LogP contribution in [0.1, 0.15) is 58.8 Å². The molecule has 2 rings (SSSR count). The van der Waals surface area contributed by atoms with Gasteiger partial charge < -0.3 is 16.4 Å². The van der Waals surface area contributed by atoms with Crippen LogP contribution in [0.25, 0.3) is 0 Å². The first kappa shape index (κ1) is 17.3. The first-order valence-corrected chi connectivity index (χ1v) is 8.80. The molecule has 5 nitrogen and oxygen atoms in total. The summed E-state index contributed by atoms with van der Waals surface area (Å²) in [5.74, 6) is 1.40. The van der Waals surface area contributed by atoms with Gasteiger partial charge in [0.15, 0.2) is 0 Å². The lowest BCUT2D eigenvalue weighted by Crippen LogP contribution is -2.49. The van der Waals surface area contributed by atoms with E-state index in [1.54, 1.807) is 0 Å². The molecule has 2 amide bonds. The van der Waals surface area contributed by atoms with E-state index >= 15 is 0 Å². The summed E-state index contributed by atoms with van der Waals surface area (Å²) >= 11 is 0. The fourth-order valence-electron chi connectivity index (χ4n) is 3.87. The Balaban J connectivity index is 1.70. The maximum absolute atomic E-state index is 12.0. The molecule has 5 heteroatoms. The molecule has 2 fully saturated rings. The van der Waals surface area contributed by atoms with Gasteiger partial charge in [-0.2, -0.15) is 0 Å². The fraction of sp³-hybridized carbons (Fsp3) is 0.882. The van der Waals surface area contributed by atoms with E-state index in [0.29, 0.717) is 0 Å². The first-order valence-electron chi connectivity index (χ1n) is 8.80. The van der Waals surface area contributed by atoms with Crippen molar-refractivity contribution in [3.05, 3.63) is 0 Å². The average Bonchev–Trinajstić information content (AvgIpc) is 2.51. The number of hydrogen-bond donors (Lipinski definition) is 3. The van der Waals surface area contributed by atoms with Gasteiger partial charge in [-0.3, -0.25) is 9.59 Å². The summed E-state index contributed by atoms with van der Waals surface area (Å²) < 4.78 is 0. The quantitative estimate of drug-likeness (QED) is 0.720. The van der Waals surface area contributed by atoms with Gasteiger partial charge in [-0.15, -0.1) is 0 Å². The van der Waals surface area contributed by atoms with E-state index in [1.165, 1.54) is 32.1 Å². The molecule has 2 aliphatic carbocycles. The minimum atomic E-state index is -0.550. The smallest absolute Gasteiger partial charge is 0.239 e. The molecule has 0 aliphatic heterocycles. The second-order valence-corrected chi connectivity index (χ2v) is 7.37. The fourth-order valence-corrected chi connectivity index (χ4v) is 3.87. The van der Waals surface area contributed by atoms with Crippen molar-refractivity contribution in [1.29, 1.82) is 0 Å². The zero-order valence-corrected chi connectivity index (χ0v) is 13.9. The van der Waals surface area contributed by atoms with E-state index in [0.717, 1.165) is 24.7 Å². The van der Waals surface area contributed by atoms with Crippen LogP contribution in [0, 0.1) is 17.8 Å². The van der Waals surface area contributed by atoms with Crippen LogP contribution in [0.2, 0.25) is 0 Å². The van der Waals surface area contributed by atoms with Gasteiger partial charge in [0.1, 0.15) is 0 Å². The standard InChI is InChI=1S/C17H31N3O2/c1-11(2)16(18)17(22)19-10-15(21)20-14-8-7-12-5-3-4-6-13(12)9-14/h11-14,16H,3-10,18H2,1-2H3,(H,19,22)(H,20,21)/t12?,13?,14?,16-/m0/s1. The number of hydrogen-bond acceptors (Lipinski definition) is 3. The highest BCUT2D eigenvalue weighted by molar-refractivity contribution is 5.87. The Bertz CT molecular complexity index is 397. The van der Waals surface area contributed by atoms with Crippen LogP contribution in [-0.2, 0) is 9.59 Å². The molecular formula is C17H31N3O2. The third-order valence-corrected chi connectivity index (χ3v) is 5.35. The maximum atomic E-state index is 12.0. The topological polar surface area (TPSA) is 84.2 Å². The minimum absolute atomic E-state index is 0.0316.